The summed E-state index contributed by atoms with van der Waals surface area (Å²) in [4.78, 5) is 4.84. The molecular weight excluding hydrogens is 314 g/mol. The Morgan fingerprint density at radius 3 is 2.04 bits per heavy atom. The minimum absolute atomic E-state index is 0.700. The summed E-state index contributed by atoms with van der Waals surface area (Å²) in [6.45, 7) is 2.09. The van der Waals surface area contributed by atoms with Gasteiger partial charge in [-0.3, -0.25) is 0 Å². The van der Waals surface area contributed by atoms with E-state index in [0.29, 0.717) is 5.02 Å². The van der Waals surface area contributed by atoms with Crippen molar-refractivity contribution in [1.82, 2.24) is 4.98 Å². The zero-order valence-electron chi connectivity index (χ0n) is 13.3. The maximum Gasteiger partial charge on any atom is 0.0902 e. The molecule has 1 heterocycles. The fourth-order valence-electron chi connectivity index (χ4n) is 3.03. The van der Waals surface area contributed by atoms with E-state index in [9.17, 15) is 0 Å². The Labute approximate surface area is 146 Å². The first-order valence-electron chi connectivity index (χ1n) is 7.95. The summed E-state index contributed by atoms with van der Waals surface area (Å²) in [6, 6.07) is 26.7. The predicted octanol–water partition coefficient (Wildman–Crippen LogP) is 6.53. The summed E-state index contributed by atoms with van der Waals surface area (Å²) < 4.78 is 0. The van der Waals surface area contributed by atoms with Crippen molar-refractivity contribution in [1.29, 1.82) is 0 Å². The number of benzene rings is 3. The van der Waals surface area contributed by atoms with Gasteiger partial charge in [-0.05, 0) is 24.6 Å². The molecule has 0 spiro atoms. The molecule has 116 valence electrons. The van der Waals surface area contributed by atoms with Crippen molar-refractivity contribution >= 4 is 22.5 Å². The fourth-order valence-corrected chi connectivity index (χ4v) is 3.39. The molecule has 0 aliphatic carbocycles. The van der Waals surface area contributed by atoms with Crippen molar-refractivity contribution in [2.45, 2.75) is 6.92 Å². The van der Waals surface area contributed by atoms with Gasteiger partial charge in [0.1, 0.15) is 0 Å². The SMILES string of the molecule is Cc1ccc2nc(-c3ccccc3)c(Cl)c(-c3ccccc3)c2c1. The highest BCUT2D eigenvalue weighted by molar-refractivity contribution is 6.37. The van der Waals surface area contributed by atoms with Gasteiger partial charge in [0, 0.05) is 16.5 Å². The molecule has 4 aromatic rings. The maximum atomic E-state index is 6.85. The van der Waals surface area contributed by atoms with Crippen LogP contribution < -0.4 is 0 Å². The van der Waals surface area contributed by atoms with Crippen molar-refractivity contribution in [3.05, 3.63) is 89.4 Å². The largest absolute Gasteiger partial charge is 0.246 e. The van der Waals surface area contributed by atoms with E-state index in [-0.39, 0.29) is 0 Å². The maximum absolute atomic E-state index is 6.85. The topological polar surface area (TPSA) is 12.9 Å². The number of hydrogen-bond acceptors (Lipinski definition) is 1. The Bertz CT molecular complexity index is 1010. The Morgan fingerprint density at radius 1 is 0.750 bits per heavy atom. The zero-order chi connectivity index (χ0) is 16.5. The molecule has 0 saturated carbocycles. The van der Waals surface area contributed by atoms with Crippen LogP contribution in [0.2, 0.25) is 5.02 Å². The van der Waals surface area contributed by atoms with E-state index in [1.54, 1.807) is 0 Å². The molecule has 0 radical (unpaired) electrons. The van der Waals surface area contributed by atoms with Gasteiger partial charge in [0.05, 0.1) is 16.2 Å². The minimum atomic E-state index is 0.700. The molecule has 0 atom stereocenters. The van der Waals surface area contributed by atoms with Crippen LogP contribution >= 0.6 is 11.6 Å². The van der Waals surface area contributed by atoms with Gasteiger partial charge in [-0.15, -0.1) is 0 Å². The van der Waals surface area contributed by atoms with Crippen molar-refractivity contribution in [3.8, 4) is 22.4 Å². The third-order valence-corrected chi connectivity index (χ3v) is 4.56. The van der Waals surface area contributed by atoms with Crippen LogP contribution in [0.3, 0.4) is 0 Å². The molecule has 0 N–H and O–H groups in total. The summed E-state index contributed by atoms with van der Waals surface area (Å²) >= 11 is 6.85. The normalized spacial score (nSPS) is 10.9. The highest BCUT2D eigenvalue weighted by Crippen LogP contribution is 2.40. The third kappa shape index (κ3) is 2.57. The van der Waals surface area contributed by atoms with E-state index in [4.69, 9.17) is 16.6 Å². The smallest absolute Gasteiger partial charge is 0.0902 e. The fraction of sp³-hybridized carbons (Fsp3) is 0.0455. The average molecular weight is 330 g/mol. The van der Waals surface area contributed by atoms with E-state index < -0.39 is 0 Å². The number of halogens is 1. The lowest BCUT2D eigenvalue weighted by molar-refractivity contribution is 1.38. The Kier molecular flexibility index (Phi) is 3.79. The van der Waals surface area contributed by atoms with Crippen LogP contribution in [0.1, 0.15) is 5.56 Å². The second-order valence-electron chi connectivity index (χ2n) is 5.90. The monoisotopic (exact) mass is 329 g/mol. The van der Waals surface area contributed by atoms with Crippen LogP contribution in [-0.2, 0) is 0 Å². The predicted molar refractivity (Wildman–Crippen MR) is 102 cm³/mol. The lowest BCUT2D eigenvalue weighted by Gasteiger charge is -2.14. The van der Waals surface area contributed by atoms with Crippen LogP contribution in [0, 0.1) is 6.92 Å². The van der Waals surface area contributed by atoms with E-state index in [1.165, 1.54) is 5.56 Å². The molecular formula is C22H16ClN. The van der Waals surface area contributed by atoms with Crippen LogP contribution in [0.25, 0.3) is 33.3 Å². The summed E-state index contributed by atoms with van der Waals surface area (Å²) in [7, 11) is 0. The molecule has 0 saturated heterocycles. The Balaban J connectivity index is 2.11. The van der Waals surface area contributed by atoms with E-state index in [2.05, 4.69) is 37.3 Å². The number of pyridine rings is 1. The first-order chi connectivity index (χ1) is 11.7. The average Bonchev–Trinajstić information content (AvgIpc) is 2.63. The molecule has 2 heteroatoms. The molecule has 4 rings (SSSR count). The van der Waals surface area contributed by atoms with Crippen LogP contribution in [0.5, 0.6) is 0 Å². The molecule has 0 unspecified atom stereocenters. The van der Waals surface area contributed by atoms with Gasteiger partial charge in [-0.2, -0.15) is 0 Å². The number of aromatic nitrogens is 1. The quantitative estimate of drug-likeness (QED) is 0.407. The van der Waals surface area contributed by atoms with Gasteiger partial charge in [0.15, 0.2) is 0 Å². The van der Waals surface area contributed by atoms with Crippen LogP contribution in [-0.4, -0.2) is 4.98 Å². The lowest BCUT2D eigenvalue weighted by atomic mass is 9.97. The number of aryl methyl sites for hydroxylation is 1. The second-order valence-corrected chi connectivity index (χ2v) is 6.28. The van der Waals surface area contributed by atoms with Gasteiger partial charge < -0.3 is 0 Å². The van der Waals surface area contributed by atoms with E-state index >= 15 is 0 Å². The van der Waals surface area contributed by atoms with Gasteiger partial charge in [0.25, 0.3) is 0 Å². The van der Waals surface area contributed by atoms with Gasteiger partial charge in [-0.25, -0.2) is 4.98 Å². The first kappa shape index (κ1) is 14.9. The molecule has 1 nitrogen and oxygen atoms in total. The van der Waals surface area contributed by atoms with Gasteiger partial charge in [0.2, 0.25) is 0 Å². The molecule has 0 amide bonds. The molecule has 3 aromatic carbocycles. The summed E-state index contributed by atoms with van der Waals surface area (Å²) in [6.07, 6.45) is 0. The Hall–Kier alpha value is -2.64. The van der Waals surface area contributed by atoms with Crippen molar-refractivity contribution in [2.24, 2.45) is 0 Å². The number of hydrogen-bond donors (Lipinski definition) is 0. The third-order valence-electron chi connectivity index (χ3n) is 4.19. The Morgan fingerprint density at radius 2 is 1.38 bits per heavy atom. The first-order valence-corrected chi connectivity index (χ1v) is 8.32. The van der Waals surface area contributed by atoms with E-state index in [0.717, 1.165) is 33.3 Å². The molecule has 1 aromatic heterocycles. The van der Waals surface area contributed by atoms with Crippen LogP contribution in [0.15, 0.2) is 78.9 Å². The van der Waals surface area contributed by atoms with Crippen molar-refractivity contribution in [3.63, 3.8) is 0 Å². The zero-order valence-corrected chi connectivity index (χ0v) is 14.1. The molecule has 24 heavy (non-hydrogen) atoms. The number of nitrogens with zero attached hydrogens (tertiary/aromatic N) is 1. The summed E-state index contributed by atoms with van der Waals surface area (Å²) in [5.74, 6) is 0. The molecule has 0 aliphatic heterocycles. The molecule has 0 fully saturated rings. The highest BCUT2D eigenvalue weighted by Gasteiger charge is 2.16. The van der Waals surface area contributed by atoms with Crippen molar-refractivity contribution in [2.75, 3.05) is 0 Å². The number of rotatable bonds is 2. The summed E-state index contributed by atoms with van der Waals surface area (Å²) in [5.41, 5.74) is 6.17. The van der Waals surface area contributed by atoms with Gasteiger partial charge >= 0.3 is 0 Å². The molecule has 0 bridgehead atoms. The molecule has 0 aliphatic rings. The van der Waals surface area contributed by atoms with Gasteiger partial charge in [-0.1, -0.05) is 83.9 Å². The lowest BCUT2D eigenvalue weighted by Crippen LogP contribution is -1.93. The second kappa shape index (κ2) is 6.10. The van der Waals surface area contributed by atoms with Crippen LogP contribution in [0.4, 0.5) is 0 Å². The number of fused-ring (bicyclic) bond motifs is 1. The standard InChI is InChI=1S/C22H16ClN/c1-15-12-13-19-18(14-15)20(16-8-4-2-5-9-16)21(23)22(24-19)17-10-6-3-7-11-17/h2-14H,1H3. The van der Waals surface area contributed by atoms with E-state index in [1.807, 2.05) is 48.5 Å². The summed E-state index contributed by atoms with van der Waals surface area (Å²) in [5, 5.41) is 1.79. The van der Waals surface area contributed by atoms with Crippen molar-refractivity contribution < 1.29 is 0 Å². The minimum Gasteiger partial charge on any atom is -0.246 e. The highest BCUT2D eigenvalue weighted by atomic mass is 35.5.